The summed E-state index contributed by atoms with van der Waals surface area (Å²) in [6.45, 7) is 0.324. The zero-order valence-electron chi connectivity index (χ0n) is 22.0. The summed E-state index contributed by atoms with van der Waals surface area (Å²) in [6.07, 6.45) is 0. The minimum atomic E-state index is -0.243. The van der Waals surface area contributed by atoms with Gasteiger partial charge >= 0.3 is 0 Å². The van der Waals surface area contributed by atoms with Gasteiger partial charge in [0.05, 0.1) is 32.6 Å². The number of benzene rings is 4. The van der Waals surface area contributed by atoms with Gasteiger partial charge in [0.15, 0.2) is 0 Å². The Labute approximate surface area is 232 Å². The minimum Gasteiger partial charge on any atom is -0.497 e. The van der Waals surface area contributed by atoms with Crippen molar-refractivity contribution in [3.8, 4) is 17.2 Å². The van der Waals surface area contributed by atoms with E-state index in [1.807, 2.05) is 60.7 Å². The van der Waals surface area contributed by atoms with Gasteiger partial charge in [0.25, 0.3) is 11.8 Å². The Hall–Kier alpha value is -4.43. The third kappa shape index (κ3) is 7.12. The third-order valence-electron chi connectivity index (χ3n) is 6.00. The Balaban J connectivity index is 1.40. The lowest BCUT2D eigenvalue weighted by atomic mass is 10.1. The van der Waals surface area contributed by atoms with E-state index < -0.39 is 0 Å². The Morgan fingerprint density at radius 3 is 2.31 bits per heavy atom. The van der Waals surface area contributed by atoms with Crippen LogP contribution in [0.4, 0.5) is 5.69 Å². The summed E-state index contributed by atoms with van der Waals surface area (Å²) in [5, 5.41) is 5.95. The number of hydrogen-bond donors (Lipinski definition) is 2. The van der Waals surface area contributed by atoms with Crippen molar-refractivity contribution in [2.75, 3.05) is 26.6 Å². The number of nitrogens with one attached hydrogen (secondary N) is 2. The molecule has 0 aromatic heterocycles. The number of methoxy groups -OCH3 is 3. The van der Waals surface area contributed by atoms with E-state index in [-0.39, 0.29) is 11.8 Å². The molecule has 0 atom stereocenters. The molecule has 2 N–H and O–H groups in total. The molecule has 4 aromatic rings. The monoisotopic (exact) mass is 542 g/mol. The van der Waals surface area contributed by atoms with Crippen molar-refractivity contribution in [3.05, 3.63) is 113 Å². The van der Waals surface area contributed by atoms with Crippen LogP contribution in [0.15, 0.2) is 95.9 Å². The van der Waals surface area contributed by atoms with Crippen molar-refractivity contribution in [1.29, 1.82) is 0 Å². The van der Waals surface area contributed by atoms with Crippen LogP contribution in [-0.4, -0.2) is 33.1 Å². The maximum Gasteiger partial charge on any atom is 0.259 e. The average Bonchev–Trinajstić information content (AvgIpc) is 2.99. The molecule has 0 saturated carbocycles. The van der Waals surface area contributed by atoms with E-state index in [9.17, 15) is 9.59 Å². The van der Waals surface area contributed by atoms with Gasteiger partial charge < -0.3 is 24.8 Å². The quantitative estimate of drug-likeness (QED) is 0.220. The summed E-state index contributed by atoms with van der Waals surface area (Å²) >= 11 is 1.58. The number of para-hydroxylation sites is 2. The third-order valence-corrected chi connectivity index (χ3v) is 7.15. The molecule has 0 heterocycles. The number of carbonyl (C=O) groups excluding carboxylic acids is 2. The van der Waals surface area contributed by atoms with Gasteiger partial charge in [-0.05, 0) is 54.1 Å². The van der Waals surface area contributed by atoms with E-state index in [2.05, 4.69) is 10.6 Å². The summed E-state index contributed by atoms with van der Waals surface area (Å²) in [6, 6.07) is 27.7. The van der Waals surface area contributed by atoms with Crippen LogP contribution < -0.4 is 24.8 Å². The number of rotatable bonds is 11. The highest BCUT2D eigenvalue weighted by Gasteiger charge is 2.14. The van der Waals surface area contributed by atoms with Crippen LogP contribution in [0.3, 0.4) is 0 Å². The first-order valence-electron chi connectivity index (χ1n) is 12.3. The molecule has 200 valence electrons. The summed E-state index contributed by atoms with van der Waals surface area (Å²) in [5.41, 5.74) is 3.58. The van der Waals surface area contributed by atoms with Crippen molar-refractivity contribution < 1.29 is 23.8 Å². The fraction of sp³-hybridized carbons (Fsp3) is 0.161. The molecular weight excluding hydrogens is 512 g/mol. The Morgan fingerprint density at radius 2 is 1.51 bits per heavy atom. The topological polar surface area (TPSA) is 85.9 Å². The molecule has 0 radical (unpaired) electrons. The Kier molecular flexibility index (Phi) is 9.48. The first kappa shape index (κ1) is 27.6. The van der Waals surface area contributed by atoms with Crippen LogP contribution in [0.2, 0.25) is 0 Å². The predicted octanol–water partition coefficient (Wildman–Crippen LogP) is 6.19. The summed E-state index contributed by atoms with van der Waals surface area (Å²) in [5.74, 6) is 2.05. The molecule has 4 rings (SSSR count). The van der Waals surface area contributed by atoms with E-state index in [1.54, 1.807) is 63.4 Å². The molecule has 0 saturated heterocycles. The lowest BCUT2D eigenvalue weighted by Gasteiger charge is -2.13. The fourth-order valence-corrected chi connectivity index (χ4v) is 4.91. The molecular formula is C31H30N2O5S. The van der Waals surface area contributed by atoms with E-state index >= 15 is 0 Å². The van der Waals surface area contributed by atoms with Gasteiger partial charge in [-0.3, -0.25) is 9.59 Å². The summed E-state index contributed by atoms with van der Waals surface area (Å²) < 4.78 is 16.0. The summed E-state index contributed by atoms with van der Waals surface area (Å²) in [4.78, 5) is 26.7. The Morgan fingerprint density at radius 1 is 0.744 bits per heavy atom. The average molecular weight is 543 g/mol. The van der Waals surface area contributed by atoms with Gasteiger partial charge in [0.1, 0.15) is 17.2 Å². The molecule has 0 aliphatic heterocycles. The highest BCUT2D eigenvalue weighted by Crippen LogP contribution is 2.31. The lowest BCUT2D eigenvalue weighted by Crippen LogP contribution is -2.23. The van der Waals surface area contributed by atoms with Gasteiger partial charge in [-0.2, -0.15) is 0 Å². The zero-order valence-corrected chi connectivity index (χ0v) is 22.8. The maximum absolute atomic E-state index is 12.9. The Bertz CT molecular complexity index is 1460. The molecule has 7 nitrogen and oxygen atoms in total. The van der Waals surface area contributed by atoms with Gasteiger partial charge in [-0.1, -0.05) is 36.4 Å². The van der Waals surface area contributed by atoms with Crippen LogP contribution in [0, 0.1) is 0 Å². The second-order valence-electron chi connectivity index (χ2n) is 8.50. The van der Waals surface area contributed by atoms with Crippen LogP contribution in [0.25, 0.3) is 0 Å². The van der Waals surface area contributed by atoms with E-state index in [4.69, 9.17) is 14.2 Å². The van der Waals surface area contributed by atoms with Gasteiger partial charge in [-0.15, -0.1) is 11.8 Å². The second-order valence-corrected chi connectivity index (χ2v) is 9.52. The largest absolute Gasteiger partial charge is 0.497 e. The number of hydrogen-bond acceptors (Lipinski definition) is 6. The van der Waals surface area contributed by atoms with Crippen molar-refractivity contribution >= 4 is 29.3 Å². The lowest BCUT2D eigenvalue weighted by molar-refractivity contribution is 0.0949. The van der Waals surface area contributed by atoms with Crippen LogP contribution >= 0.6 is 11.8 Å². The number of ether oxygens (including phenoxy) is 3. The number of thioether (sulfide) groups is 1. The first-order valence-corrected chi connectivity index (χ1v) is 13.2. The van der Waals surface area contributed by atoms with Crippen molar-refractivity contribution in [2.24, 2.45) is 0 Å². The predicted molar refractivity (Wildman–Crippen MR) is 154 cm³/mol. The molecule has 0 fully saturated rings. The van der Waals surface area contributed by atoms with E-state index in [1.165, 1.54) is 0 Å². The van der Waals surface area contributed by atoms with E-state index in [0.717, 1.165) is 16.0 Å². The van der Waals surface area contributed by atoms with Crippen molar-refractivity contribution in [2.45, 2.75) is 17.2 Å². The molecule has 4 aromatic carbocycles. The molecule has 39 heavy (non-hydrogen) atoms. The van der Waals surface area contributed by atoms with Crippen LogP contribution in [0.1, 0.15) is 31.8 Å². The molecule has 0 spiro atoms. The molecule has 2 amide bonds. The van der Waals surface area contributed by atoms with Gasteiger partial charge in [-0.25, -0.2) is 0 Å². The molecule has 0 aliphatic carbocycles. The highest BCUT2D eigenvalue weighted by atomic mass is 32.2. The molecule has 0 bridgehead atoms. The maximum atomic E-state index is 12.9. The smallest absolute Gasteiger partial charge is 0.259 e. The normalized spacial score (nSPS) is 10.4. The van der Waals surface area contributed by atoms with Crippen LogP contribution in [-0.2, 0) is 12.3 Å². The zero-order chi connectivity index (χ0) is 27.6. The molecule has 8 heteroatoms. The standard InChI is InChI=1S/C31H30N2O5S/c1-36-24-16-15-23(28(18-24)38-3)19-32-30(34)22-10-8-9-21(17-22)20-39-29-14-7-5-12-26(29)33-31(35)25-11-4-6-13-27(25)37-2/h4-18H,19-20H2,1-3H3,(H,32,34)(H,33,35). The summed E-state index contributed by atoms with van der Waals surface area (Å²) in [7, 11) is 4.72. The number of amides is 2. The molecule has 0 unspecified atom stereocenters. The fourth-order valence-electron chi connectivity index (χ4n) is 3.96. The SMILES string of the molecule is COc1ccc(CNC(=O)c2cccc(CSc3ccccc3NC(=O)c3ccccc3OC)c2)c(OC)c1. The van der Waals surface area contributed by atoms with Gasteiger partial charge in [0.2, 0.25) is 0 Å². The number of anilines is 1. The second kappa shape index (κ2) is 13.4. The van der Waals surface area contributed by atoms with Gasteiger partial charge in [0, 0.05) is 34.4 Å². The molecule has 0 aliphatic rings. The minimum absolute atomic E-state index is 0.177. The van der Waals surface area contributed by atoms with Crippen molar-refractivity contribution in [3.63, 3.8) is 0 Å². The van der Waals surface area contributed by atoms with E-state index in [0.29, 0.717) is 46.4 Å². The first-order chi connectivity index (χ1) is 19.0. The highest BCUT2D eigenvalue weighted by molar-refractivity contribution is 7.98. The van der Waals surface area contributed by atoms with Crippen LogP contribution in [0.5, 0.6) is 17.2 Å². The van der Waals surface area contributed by atoms with Crippen molar-refractivity contribution in [1.82, 2.24) is 5.32 Å². The number of carbonyl (C=O) groups is 2.